The molecule has 4 rings (SSSR count). The van der Waals surface area contributed by atoms with Crippen LogP contribution in [0.4, 0.5) is 10.1 Å². The molecule has 2 aliphatic heterocycles. The second-order valence-corrected chi connectivity index (χ2v) is 7.26. The van der Waals surface area contributed by atoms with Crippen molar-refractivity contribution in [1.82, 2.24) is 19.7 Å². The van der Waals surface area contributed by atoms with Crippen LogP contribution in [-0.4, -0.2) is 57.9 Å². The number of nitrogens with zero attached hydrogens (tertiary/aromatic N) is 5. The summed E-state index contributed by atoms with van der Waals surface area (Å²) in [5.74, 6) is 0.127. The molecule has 0 N–H and O–H groups in total. The molecular weight excluding hydrogens is 333 g/mol. The van der Waals surface area contributed by atoms with Crippen LogP contribution < -0.4 is 4.90 Å². The maximum atomic E-state index is 13.4. The van der Waals surface area contributed by atoms with Gasteiger partial charge in [-0.3, -0.25) is 9.78 Å². The topological polar surface area (TPSA) is 54.3 Å². The van der Waals surface area contributed by atoms with E-state index in [0.717, 1.165) is 42.9 Å². The second-order valence-electron chi connectivity index (χ2n) is 7.26. The molecule has 0 spiro atoms. The Morgan fingerprint density at radius 1 is 1.15 bits per heavy atom. The zero-order valence-corrected chi connectivity index (χ0v) is 15.0. The van der Waals surface area contributed by atoms with Crippen LogP contribution in [0.25, 0.3) is 5.69 Å². The van der Waals surface area contributed by atoms with Crippen molar-refractivity contribution < 1.29 is 9.18 Å². The van der Waals surface area contributed by atoms with Gasteiger partial charge in [0.15, 0.2) is 0 Å². The molecule has 0 radical (unpaired) electrons. The number of likely N-dealkylation sites (tertiary alicyclic amines) is 1. The summed E-state index contributed by atoms with van der Waals surface area (Å²) in [6.45, 7) is 4.43. The summed E-state index contributed by atoms with van der Waals surface area (Å²) >= 11 is 0. The summed E-state index contributed by atoms with van der Waals surface area (Å²) in [5, 5.41) is 4.41. The monoisotopic (exact) mass is 357 g/mol. The first-order chi connectivity index (χ1) is 12.6. The Labute approximate surface area is 152 Å². The quantitative estimate of drug-likeness (QED) is 0.846. The van der Waals surface area contributed by atoms with Gasteiger partial charge in [-0.1, -0.05) is 0 Å². The van der Waals surface area contributed by atoms with Crippen molar-refractivity contribution in [3.05, 3.63) is 36.4 Å². The number of carbonyl (C=O) groups is 1. The predicted octanol–water partition coefficient (Wildman–Crippen LogP) is 2.36. The van der Waals surface area contributed by atoms with Gasteiger partial charge in [-0.05, 0) is 37.8 Å². The summed E-state index contributed by atoms with van der Waals surface area (Å²) < 4.78 is 15.2. The lowest BCUT2D eigenvalue weighted by Gasteiger charge is -2.35. The molecule has 1 amide bonds. The van der Waals surface area contributed by atoms with Crippen molar-refractivity contribution in [2.45, 2.75) is 32.4 Å². The molecule has 2 saturated heterocycles. The van der Waals surface area contributed by atoms with E-state index >= 15 is 0 Å². The van der Waals surface area contributed by atoms with Gasteiger partial charge in [0.2, 0.25) is 5.91 Å². The minimum Gasteiger partial charge on any atom is -0.368 e. The highest BCUT2D eigenvalue weighted by atomic mass is 19.1. The van der Waals surface area contributed by atoms with Crippen molar-refractivity contribution in [3.8, 4) is 5.69 Å². The Balaban J connectivity index is 1.45. The summed E-state index contributed by atoms with van der Waals surface area (Å²) in [6.07, 6.45) is 8.67. The maximum absolute atomic E-state index is 13.4. The number of halogens is 1. The number of piperidine rings is 1. The fraction of sp³-hybridized carbons (Fsp3) is 0.526. The minimum absolute atomic E-state index is 0.00335. The fourth-order valence-corrected chi connectivity index (χ4v) is 3.90. The lowest BCUT2D eigenvalue weighted by atomic mass is 9.95. The molecule has 7 heteroatoms. The molecule has 1 atom stereocenters. The first-order valence-corrected chi connectivity index (χ1v) is 9.25. The van der Waals surface area contributed by atoms with Crippen LogP contribution in [0.5, 0.6) is 0 Å². The number of alkyl halides is 1. The fourth-order valence-electron chi connectivity index (χ4n) is 3.90. The first-order valence-electron chi connectivity index (χ1n) is 9.25. The SMILES string of the molecule is Cc1cnn(-c2ccncc2N2CCC(C(=O)N3CC[C@H](F)C3)CC2)c1. The summed E-state index contributed by atoms with van der Waals surface area (Å²) in [4.78, 5) is 20.8. The van der Waals surface area contributed by atoms with Crippen LogP contribution in [0.3, 0.4) is 0 Å². The Bertz CT molecular complexity index is 784. The van der Waals surface area contributed by atoms with Gasteiger partial charge in [0.25, 0.3) is 0 Å². The zero-order valence-electron chi connectivity index (χ0n) is 15.0. The van der Waals surface area contributed by atoms with Crippen LogP contribution >= 0.6 is 0 Å². The number of rotatable bonds is 3. The highest BCUT2D eigenvalue weighted by molar-refractivity contribution is 5.79. The molecule has 138 valence electrons. The van der Waals surface area contributed by atoms with Gasteiger partial charge >= 0.3 is 0 Å². The second kappa shape index (κ2) is 7.05. The Hall–Kier alpha value is -2.44. The van der Waals surface area contributed by atoms with Crippen LogP contribution in [0.1, 0.15) is 24.8 Å². The molecule has 0 unspecified atom stereocenters. The van der Waals surface area contributed by atoms with Crippen LogP contribution in [0.2, 0.25) is 0 Å². The molecule has 0 aliphatic carbocycles. The normalized spacial score (nSPS) is 21.4. The van der Waals surface area contributed by atoms with E-state index in [2.05, 4.69) is 15.0 Å². The van der Waals surface area contributed by atoms with E-state index in [0.29, 0.717) is 13.0 Å². The van der Waals surface area contributed by atoms with Gasteiger partial charge in [0, 0.05) is 37.9 Å². The molecule has 2 aromatic rings. The average molecular weight is 357 g/mol. The number of pyridine rings is 1. The lowest BCUT2D eigenvalue weighted by molar-refractivity contribution is -0.135. The van der Waals surface area contributed by atoms with E-state index in [1.165, 1.54) is 0 Å². The molecule has 26 heavy (non-hydrogen) atoms. The summed E-state index contributed by atoms with van der Waals surface area (Å²) in [6, 6.07) is 1.96. The van der Waals surface area contributed by atoms with Gasteiger partial charge in [0.1, 0.15) is 6.17 Å². The highest BCUT2D eigenvalue weighted by Crippen LogP contribution is 2.29. The minimum atomic E-state index is -0.852. The van der Waals surface area contributed by atoms with Gasteiger partial charge < -0.3 is 9.80 Å². The third-order valence-electron chi connectivity index (χ3n) is 5.36. The van der Waals surface area contributed by atoms with Crippen LogP contribution in [0, 0.1) is 12.8 Å². The molecule has 0 saturated carbocycles. The Morgan fingerprint density at radius 3 is 2.62 bits per heavy atom. The van der Waals surface area contributed by atoms with Crippen molar-refractivity contribution >= 4 is 11.6 Å². The molecule has 0 bridgehead atoms. The number of carbonyl (C=O) groups excluding carboxylic acids is 1. The van der Waals surface area contributed by atoms with E-state index in [9.17, 15) is 9.18 Å². The number of aryl methyl sites for hydroxylation is 1. The molecular formula is C19H24FN5O. The predicted molar refractivity (Wildman–Crippen MR) is 97.1 cm³/mol. The number of hydrogen-bond donors (Lipinski definition) is 0. The molecule has 4 heterocycles. The first kappa shape index (κ1) is 17.0. The van der Waals surface area contributed by atoms with Crippen molar-refractivity contribution in [3.63, 3.8) is 0 Å². The van der Waals surface area contributed by atoms with Gasteiger partial charge in [-0.25, -0.2) is 9.07 Å². The number of hydrogen-bond acceptors (Lipinski definition) is 4. The van der Waals surface area contributed by atoms with Crippen molar-refractivity contribution in [2.75, 3.05) is 31.1 Å². The van der Waals surface area contributed by atoms with Gasteiger partial charge in [-0.2, -0.15) is 5.10 Å². The van der Waals surface area contributed by atoms with Crippen LogP contribution in [0.15, 0.2) is 30.9 Å². The standard InChI is InChI=1S/C19H24FN5O/c1-14-10-22-25(12-14)17-2-6-21-11-18(17)23-7-3-15(4-8-23)19(26)24-9-5-16(20)13-24/h2,6,10-12,15-16H,3-5,7-9,13H2,1H3/t16-/m0/s1. The Morgan fingerprint density at radius 2 is 1.96 bits per heavy atom. The molecule has 2 fully saturated rings. The average Bonchev–Trinajstić information content (AvgIpc) is 3.30. The maximum Gasteiger partial charge on any atom is 0.225 e. The van der Waals surface area contributed by atoms with Gasteiger partial charge in [-0.15, -0.1) is 0 Å². The van der Waals surface area contributed by atoms with Gasteiger partial charge in [0.05, 0.1) is 30.3 Å². The zero-order chi connectivity index (χ0) is 18.1. The Kier molecular flexibility index (Phi) is 4.61. The van der Waals surface area contributed by atoms with Crippen molar-refractivity contribution in [1.29, 1.82) is 0 Å². The van der Waals surface area contributed by atoms with E-state index < -0.39 is 6.17 Å². The summed E-state index contributed by atoms with van der Waals surface area (Å²) in [5.41, 5.74) is 3.14. The number of anilines is 1. The molecule has 6 nitrogen and oxygen atoms in total. The lowest BCUT2D eigenvalue weighted by Crippen LogP contribution is -2.42. The van der Waals surface area contributed by atoms with E-state index in [-0.39, 0.29) is 18.4 Å². The molecule has 2 aliphatic rings. The largest absolute Gasteiger partial charge is 0.368 e. The molecule has 2 aromatic heterocycles. The third-order valence-corrected chi connectivity index (χ3v) is 5.36. The number of amides is 1. The summed E-state index contributed by atoms with van der Waals surface area (Å²) in [7, 11) is 0. The highest BCUT2D eigenvalue weighted by Gasteiger charge is 2.33. The van der Waals surface area contributed by atoms with Crippen LogP contribution in [-0.2, 0) is 4.79 Å². The van der Waals surface area contributed by atoms with E-state index in [4.69, 9.17) is 0 Å². The van der Waals surface area contributed by atoms with Crippen molar-refractivity contribution in [2.24, 2.45) is 5.92 Å². The van der Waals surface area contributed by atoms with E-state index in [1.807, 2.05) is 36.3 Å². The third kappa shape index (κ3) is 3.30. The number of aromatic nitrogens is 3. The van der Waals surface area contributed by atoms with E-state index in [1.54, 1.807) is 11.1 Å². The smallest absolute Gasteiger partial charge is 0.225 e. The molecule has 0 aromatic carbocycles.